The van der Waals surface area contributed by atoms with E-state index in [4.69, 9.17) is 9.47 Å². The van der Waals surface area contributed by atoms with Crippen molar-refractivity contribution in [2.75, 3.05) is 13.7 Å². The molecule has 1 radical (unpaired) electrons. The summed E-state index contributed by atoms with van der Waals surface area (Å²) >= 11 is 0. The van der Waals surface area contributed by atoms with Crippen LogP contribution < -0.4 is 9.47 Å². The van der Waals surface area contributed by atoms with E-state index in [0.29, 0.717) is 12.1 Å². The number of ether oxygens (including phenoxy) is 2. The van der Waals surface area contributed by atoms with Crippen LogP contribution >= 0.6 is 0 Å². The molecule has 1 unspecified atom stereocenters. The second-order valence-electron chi connectivity index (χ2n) is 5.49. The van der Waals surface area contributed by atoms with E-state index in [9.17, 15) is 26.3 Å². The molecule has 11 heteroatoms. The van der Waals surface area contributed by atoms with Crippen LogP contribution in [0.2, 0.25) is 0 Å². The summed E-state index contributed by atoms with van der Waals surface area (Å²) in [6, 6.07) is 2.75. The highest BCUT2D eigenvalue weighted by Crippen LogP contribution is 2.42. The van der Waals surface area contributed by atoms with E-state index >= 15 is 0 Å². The Kier molecular flexibility index (Phi) is 5.25. The smallest absolute Gasteiger partial charge is 0.419 e. The molecule has 0 bridgehead atoms. The zero-order chi connectivity index (χ0) is 19.8. The van der Waals surface area contributed by atoms with E-state index in [-0.39, 0.29) is 12.2 Å². The minimum absolute atomic E-state index is 0.0372. The van der Waals surface area contributed by atoms with Crippen LogP contribution in [0.15, 0.2) is 24.3 Å². The zero-order valence-corrected chi connectivity index (χ0v) is 13.6. The summed E-state index contributed by atoms with van der Waals surface area (Å²) in [6.45, 7) is -0.101. The van der Waals surface area contributed by atoms with Crippen molar-refractivity contribution in [2.24, 2.45) is 0 Å². The molecule has 2 aromatic carbocycles. The number of hydrogen-bond donors (Lipinski definition) is 0. The van der Waals surface area contributed by atoms with Gasteiger partial charge >= 0.3 is 13.7 Å². The number of benzene rings is 2. The average Bonchev–Trinajstić information content (AvgIpc) is 3.13. The Morgan fingerprint density at radius 2 is 1.81 bits per heavy atom. The summed E-state index contributed by atoms with van der Waals surface area (Å²) in [7, 11) is 2.17. The van der Waals surface area contributed by atoms with Crippen molar-refractivity contribution in [2.45, 2.75) is 12.0 Å². The minimum atomic E-state index is -4.99. The van der Waals surface area contributed by atoms with Gasteiger partial charge in [0.15, 0.2) is 11.6 Å². The molecule has 1 heterocycles. The van der Waals surface area contributed by atoms with E-state index in [1.807, 2.05) is 0 Å². The van der Waals surface area contributed by atoms with Crippen molar-refractivity contribution >= 4 is 7.48 Å². The second kappa shape index (κ2) is 7.32. The Labute approximate surface area is 149 Å². The van der Waals surface area contributed by atoms with Gasteiger partial charge in [-0.15, -0.1) is 0 Å². The highest BCUT2D eigenvalue weighted by Gasteiger charge is 2.37. The monoisotopic (exact) mass is 391 g/mol. The number of rotatable bonds is 4. The molecule has 3 rings (SSSR count). The number of hydrogen-bond acceptors (Lipinski definition) is 4. The van der Waals surface area contributed by atoms with E-state index in [1.165, 1.54) is 0 Å². The molecule has 0 amide bonds. The third-order valence-electron chi connectivity index (χ3n) is 3.78. The molecule has 4 nitrogen and oxygen atoms in total. The Hall–Kier alpha value is -2.40. The first-order valence-corrected chi connectivity index (χ1v) is 7.44. The molecule has 0 aromatic heterocycles. The maximum absolute atomic E-state index is 14.0. The highest BCUT2D eigenvalue weighted by atomic mass is 19.4. The van der Waals surface area contributed by atoms with Crippen LogP contribution in [0.25, 0.3) is 0 Å². The molecule has 1 atom stereocenters. The molecule has 1 aliphatic heterocycles. The molecule has 1 saturated heterocycles. The fourth-order valence-corrected chi connectivity index (χ4v) is 2.49. The number of methoxy groups -OCH3 is 1. The number of halogens is 6. The first-order valence-electron chi connectivity index (χ1n) is 7.44. The van der Waals surface area contributed by atoms with Crippen molar-refractivity contribution in [3.05, 3.63) is 52.8 Å². The van der Waals surface area contributed by atoms with E-state index in [1.54, 1.807) is 0 Å². The van der Waals surface area contributed by atoms with Crippen molar-refractivity contribution in [3.63, 3.8) is 0 Å². The first-order chi connectivity index (χ1) is 12.7. The average molecular weight is 391 g/mol. The van der Waals surface area contributed by atoms with Crippen molar-refractivity contribution in [1.29, 1.82) is 0 Å². The maximum Gasteiger partial charge on any atom is 0.419 e. The lowest BCUT2D eigenvalue weighted by atomic mass is 9.76. The molecular formula is C16H10BF6O4. The topological polar surface area (TPSA) is 36.9 Å². The van der Waals surface area contributed by atoms with Gasteiger partial charge in [0.05, 0.1) is 19.3 Å². The van der Waals surface area contributed by atoms with Crippen LogP contribution in [0.4, 0.5) is 26.3 Å². The maximum atomic E-state index is 14.0. The van der Waals surface area contributed by atoms with Gasteiger partial charge < -0.3 is 14.3 Å². The Bertz CT molecular complexity index is 852. The quantitative estimate of drug-likeness (QED) is 0.436. The summed E-state index contributed by atoms with van der Waals surface area (Å²) < 4.78 is 90.4. The van der Waals surface area contributed by atoms with Crippen LogP contribution in [0.1, 0.15) is 16.9 Å². The standard InChI is InChI=1S/C16H10BF6O4/c1-24-15-12(3-2-10(18)14(15)20)26-13-5-8(16(21,22)23)11(19)4-7(13)9-6-25-27-17-9/h2-5,9H,6H2,1H3. The van der Waals surface area contributed by atoms with Crippen LogP contribution in [0, 0.1) is 17.5 Å². The second-order valence-corrected chi connectivity index (χ2v) is 5.49. The summed E-state index contributed by atoms with van der Waals surface area (Å²) in [6.07, 6.45) is -4.99. The van der Waals surface area contributed by atoms with Crippen LogP contribution in [0.5, 0.6) is 17.2 Å². The van der Waals surface area contributed by atoms with Gasteiger partial charge in [-0.3, -0.25) is 4.89 Å². The largest absolute Gasteiger partial charge is 0.490 e. The lowest BCUT2D eigenvalue weighted by Crippen LogP contribution is -2.13. The van der Waals surface area contributed by atoms with Gasteiger partial charge in [-0.1, -0.05) is 0 Å². The normalized spacial score (nSPS) is 16.9. The molecule has 1 aliphatic rings. The number of alkyl halides is 3. The lowest BCUT2D eigenvalue weighted by Gasteiger charge is -2.18. The first kappa shape index (κ1) is 19.4. The summed E-state index contributed by atoms with van der Waals surface area (Å²) in [5.41, 5.74) is -1.62. The van der Waals surface area contributed by atoms with Gasteiger partial charge in [-0.25, -0.2) is 8.78 Å². The Balaban J connectivity index is 2.11. The minimum Gasteiger partial charge on any atom is -0.490 e. The highest BCUT2D eigenvalue weighted by molar-refractivity contribution is 6.30. The third kappa shape index (κ3) is 3.83. The van der Waals surface area contributed by atoms with E-state index < -0.39 is 52.3 Å². The fourth-order valence-electron chi connectivity index (χ4n) is 2.49. The third-order valence-corrected chi connectivity index (χ3v) is 3.78. The predicted molar refractivity (Wildman–Crippen MR) is 79.9 cm³/mol. The Morgan fingerprint density at radius 3 is 2.41 bits per heavy atom. The van der Waals surface area contributed by atoms with Crippen LogP contribution in [-0.4, -0.2) is 21.2 Å². The fraction of sp³-hybridized carbons (Fsp3) is 0.250. The summed E-state index contributed by atoms with van der Waals surface area (Å²) in [5, 5.41) is 0. The van der Waals surface area contributed by atoms with Crippen LogP contribution in [0.3, 0.4) is 0 Å². The van der Waals surface area contributed by atoms with E-state index in [0.717, 1.165) is 26.7 Å². The lowest BCUT2D eigenvalue weighted by molar-refractivity contribution is -0.183. The van der Waals surface area contributed by atoms with Crippen molar-refractivity contribution in [1.82, 2.24) is 0 Å². The van der Waals surface area contributed by atoms with Gasteiger partial charge in [0, 0.05) is 5.82 Å². The molecule has 27 heavy (non-hydrogen) atoms. The Morgan fingerprint density at radius 1 is 1.07 bits per heavy atom. The zero-order valence-electron chi connectivity index (χ0n) is 13.6. The molecule has 0 saturated carbocycles. The van der Waals surface area contributed by atoms with Crippen molar-refractivity contribution in [3.8, 4) is 17.2 Å². The summed E-state index contributed by atoms with van der Waals surface area (Å²) in [5.74, 6) is -6.37. The van der Waals surface area contributed by atoms with E-state index in [2.05, 4.69) is 9.69 Å². The molecule has 0 aliphatic carbocycles. The van der Waals surface area contributed by atoms with Gasteiger partial charge in [-0.2, -0.15) is 17.6 Å². The molecular weight excluding hydrogens is 381 g/mol. The molecule has 2 aromatic rings. The van der Waals surface area contributed by atoms with Crippen LogP contribution in [-0.2, 0) is 15.9 Å². The SMILES string of the molecule is COc1c(Oc2cc(C(F)(F)F)c(F)cc2C2[B]OOC2)ccc(F)c1F. The molecule has 1 fully saturated rings. The summed E-state index contributed by atoms with van der Waals surface area (Å²) in [4.78, 5) is 9.22. The van der Waals surface area contributed by atoms with Gasteiger partial charge in [0.25, 0.3) is 0 Å². The molecule has 143 valence electrons. The van der Waals surface area contributed by atoms with Crippen molar-refractivity contribution < 1.29 is 45.5 Å². The van der Waals surface area contributed by atoms with Gasteiger partial charge in [-0.05, 0) is 29.8 Å². The predicted octanol–water partition coefficient (Wildman–Crippen LogP) is 4.55. The van der Waals surface area contributed by atoms with Gasteiger partial charge in [0.1, 0.15) is 11.6 Å². The molecule has 0 N–H and O–H groups in total. The molecule has 0 spiro atoms. The van der Waals surface area contributed by atoms with Gasteiger partial charge in [0.2, 0.25) is 11.6 Å².